The van der Waals surface area contributed by atoms with E-state index < -0.39 is 12.0 Å². The second kappa shape index (κ2) is 11.1. The number of fused-ring (bicyclic) bond motifs is 1. The van der Waals surface area contributed by atoms with Crippen LogP contribution in [0.5, 0.6) is 11.5 Å². The van der Waals surface area contributed by atoms with Crippen LogP contribution in [-0.2, 0) is 0 Å². The number of benzene rings is 1. The molecule has 0 radical (unpaired) electrons. The maximum absolute atomic E-state index is 13.4. The Morgan fingerprint density at radius 3 is 2.62 bits per heavy atom. The molecule has 1 aliphatic carbocycles. The van der Waals surface area contributed by atoms with Crippen molar-refractivity contribution < 1.29 is 23.0 Å². The summed E-state index contributed by atoms with van der Waals surface area (Å²) in [6.45, 7) is 5.73. The molecular weight excluding hydrogens is 504 g/mol. The monoisotopic (exact) mass is 541 g/mol. The van der Waals surface area contributed by atoms with Crippen LogP contribution in [0.15, 0.2) is 30.6 Å². The van der Waals surface area contributed by atoms with Crippen LogP contribution in [0.25, 0.3) is 16.8 Å². The topological polar surface area (TPSA) is 81.0 Å². The van der Waals surface area contributed by atoms with Gasteiger partial charge in [-0.1, -0.05) is 13.3 Å². The fourth-order valence-electron chi connectivity index (χ4n) is 5.95. The molecular formula is C29H37F2N5O3. The Kier molecular flexibility index (Phi) is 7.75. The molecule has 8 nitrogen and oxygen atoms in total. The number of rotatable bonds is 8. The number of aryl methyl sites for hydroxylation is 1. The maximum Gasteiger partial charge on any atom is 0.412 e. The number of likely N-dealkylation sites (tertiary alicyclic amines) is 1. The Balaban J connectivity index is 1.38. The second-order valence-corrected chi connectivity index (χ2v) is 10.9. The van der Waals surface area contributed by atoms with E-state index in [1.807, 2.05) is 37.1 Å². The van der Waals surface area contributed by atoms with E-state index in [0.29, 0.717) is 11.5 Å². The Labute approximate surface area is 227 Å². The highest BCUT2D eigenvalue weighted by atomic mass is 19.3. The third-order valence-corrected chi connectivity index (χ3v) is 7.94. The van der Waals surface area contributed by atoms with E-state index in [2.05, 4.69) is 21.6 Å². The smallest absolute Gasteiger partial charge is 0.412 e. The molecule has 1 aromatic carbocycles. The van der Waals surface area contributed by atoms with Crippen molar-refractivity contribution >= 4 is 11.6 Å². The first-order valence-electron chi connectivity index (χ1n) is 13.8. The van der Waals surface area contributed by atoms with Gasteiger partial charge in [0.15, 0.2) is 11.5 Å². The van der Waals surface area contributed by atoms with Gasteiger partial charge in [0.25, 0.3) is 5.92 Å². The summed E-state index contributed by atoms with van der Waals surface area (Å²) in [5.74, 6) is -0.585. The molecule has 39 heavy (non-hydrogen) atoms. The van der Waals surface area contributed by atoms with Crippen LogP contribution in [0.4, 0.5) is 13.6 Å². The van der Waals surface area contributed by atoms with E-state index in [0.717, 1.165) is 66.8 Å². The van der Waals surface area contributed by atoms with Gasteiger partial charge in [-0.05, 0) is 64.2 Å². The van der Waals surface area contributed by atoms with Gasteiger partial charge in [0.05, 0.1) is 37.1 Å². The van der Waals surface area contributed by atoms with Gasteiger partial charge in [-0.2, -0.15) is 0 Å². The van der Waals surface area contributed by atoms with Crippen molar-refractivity contribution in [1.29, 1.82) is 0 Å². The van der Waals surface area contributed by atoms with Crippen molar-refractivity contribution in [3.05, 3.63) is 42.1 Å². The predicted octanol–water partition coefficient (Wildman–Crippen LogP) is 5.97. The number of nitrogens with zero attached hydrogens (tertiary/aromatic N) is 4. The number of imidazole rings is 1. The summed E-state index contributed by atoms with van der Waals surface area (Å²) in [6.07, 6.45) is 8.59. The molecule has 3 heterocycles. The van der Waals surface area contributed by atoms with Crippen LogP contribution in [0, 0.1) is 6.92 Å². The van der Waals surface area contributed by atoms with Crippen LogP contribution in [0.1, 0.15) is 69.8 Å². The third-order valence-electron chi connectivity index (χ3n) is 7.94. The molecule has 1 saturated carbocycles. The quantitative estimate of drug-likeness (QED) is 0.379. The minimum absolute atomic E-state index is 0.0143. The first-order chi connectivity index (χ1) is 18.7. The van der Waals surface area contributed by atoms with Crippen molar-refractivity contribution in [3.8, 4) is 22.8 Å². The minimum Gasteiger partial charge on any atom is -0.493 e. The molecule has 2 fully saturated rings. The number of halogens is 2. The number of hydrogen-bond acceptors (Lipinski definition) is 6. The van der Waals surface area contributed by atoms with Gasteiger partial charge in [0.2, 0.25) is 0 Å². The van der Waals surface area contributed by atoms with Gasteiger partial charge >= 0.3 is 6.09 Å². The van der Waals surface area contributed by atoms with Crippen molar-refractivity contribution in [2.45, 2.75) is 83.2 Å². The van der Waals surface area contributed by atoms with Crippen molar-refractivity contribution in [2.24, 2.45) is 0 Å². The van der Waals surface area contributed by atoms with E-state index in [4.69, 9.17) is 14.5 Å². The summed E-state index contributed by atoms with van der Waals surface area (Å²) >= 11 is 0. The molecule has 5 rings (SSSR count). The predicted molar refractivity (Wildman–Crippen MR) is 145 cm³/mol. The largest absolute Gasteiger partial charge is 0.493 e. The average molecular weight is 542 g/mol. The van der Waals surface area contributed by atoms with Crippen LogP contribution in [0.3, 0.4) is 0 Å². The van der Waals surface area contributed by atoms with Crippen molar-refractivity contribution in [3.63, 3.8) is 0 Å². The Hall–Kier alpha value is -3.27. The maximum atomic E-state index is 13.4. The van der Waals surface area contributed by atoms with E-state index in [-0.39, 0.29) is 31.1 Å². The van der Waals surface area contributed by atoms with E-state index >= 15 is 0 Å². The fourth-order valence-corrected chi connectivity index (χ4v) is 5.95. The molecule has 1 amide bonds. The van der Waals surface area contributed by atoms with Gasteiger partial charge in [-0.3, -0.25) is 14.3 Å². The lowest BCUT2D eigenvalue weighted by Gasteiger charge is -2.46. The van der Waals surface area contributed by atoms with Gasteiger partial charge < -0.3 is 14.8 Å². The van der Waals surface area contributed by atoms with Crippen LogP contribution >= 0.6 is 0 Å². The number of ether oxygens (including phenoxy) is 2. The van der Waals surface area contributed by atoms with E-state index in [1.54, 1.807) is 19.4 Å². The molecule has 10 heteroatoms. The zero-order chi connectivity index (χ0) is 27.7. The summed E-state index contributed by atoms with van der Waals surface area (Å²) in [6, 6.07) is 5.66. The Morgan fingerprint density at radius 1 is 1.21 bits per heavy atom. The van der Waals surface area contributed by atoms with E-state index in [1.165, 1.54) is 0 Å². The van der Waals surface area contributed by atoms with Crippen molar-refractivity contribution in [1.82, 2.24) is 24.6 Å². The molecule has 1 atom stereocenters. The molecule has 210 valence electrons. The van der Waals surface area contributed by atoms with Crippen molar-refractivity contribution in [2.75, 3.05) is 20.2 Å². The molecule has 0 unspecified atom stereocenters. The summed E-state index contributed by atoms with van der Waals surface area (Å²) < 4.78 is 40.0. The number of alkyl halides is 2. The van der Waals surface area contributed by atoms with Crippen LogP contribution < -0.4 is 14.8 Å². The highest BCUT2D eigenvalue weighted by molar-refractivity contribution is 5.81. The molecule has 0 spiro atoms. The molecule has 2 aliphatic rings. The number of amides is 1. The first kappa shape index (κ1) is 27.3. The average Bonchev–Trinajstić information content (AvgIpc) is 3.28. The fraction of sp³-hybridized carbons (Fsp3) is 0.552. The standard InChI is InChI=1S/C29H37F2N5O3/c1-5-6-18(2)33-28(37)39-23-12-9-21(15-24(23)38-4)25-26-19(3)32-13-14-36(26)27(34-25)20-7-10-22(11-8-20)35-16-29(30,31)17-35/h9,12-15,18,20,22H,5-8,10-11,16-17H2,1-4H3,(H,33,37)/t18-,20-,22-/m0/s1. The number of carbonyl (C=O) groups excluding carboxylic acids is 1. The molecule has 1 N–H and O–H groups in total. The summed E-state index contributed by atoms with van der Waals surface area (Å²) in [4.78, 5) is 23.9. The lowest BCUT2D eigenvalue weighted by molar-refractivity contribution is -0.150. The number of hydrogen-bond donors (Lipinski definition) is 1. The molecule has 1 saturated heterocycles. The number of nitrogens with one attached hydrogen (secondary N) is 1. The Bertz CT molecular complexity index is 1330. The summed E-state index contributed by atoms with van der Waals surface area (Å²) in [5.41, 5.74) is 3.38. The van der Waals surface area contributed by atoms with E-state index in [9.17, 15) is 13.6 Å². The van der Waals surface area contributed by atoms with Gasteiger partial charge in [-0.25, -0.2) is 18.6 Å². The highest BCUT2D eigenvalue weighted by Crippen LogP contribution is 2.41. The van der Waals surface area contributed by atoms with Gasteiger partial charge in [0.1, 0.15) is 5.82 Å². The highest BCUT2D eigenvalue weighted by Gasteiger charge is 2.47. The molecule has 0 bridgehead atoms. The summed E-state index contributed by atoms with van der Waals surface area (Å²) in [7, 11) is 1.54. The molecule has 1 aliphatic heterocycles. The minimum atomic E-state index is -2.53. The lowest BCUT2D eigenvalue weighted by Crippen LogP contribution is -2.60. The third kappa shape index (κ3) is 5.71. The SMILES string of the molecule is CCC[C@H](C)NC(=O)Oc1ccc(-c2nc([C@H]3CC[C@H](N4CC(F)(F)C4)CC3)n3ccnc(C)c23)cc1OC. The molecule has 3 aromatic rings. The first-order valence-corrected chi connectivity index (χ1v) is 13.8. The van der Waals surface area contributed by atoms with Gasteiger partial charge in [0, 0.05) is 36.0 Å². The number of aromatic nitrogens is 3. The second-order valence-electron chi connectivity index (χ2n) is 10.9. The zero-order valence-electron chi connectivity index (χ0n) is 23.0. The number of carbonyl (C=O) groups is 1. The Morgan fingerprint density at radius 2 is 1.95 bits per heavy atom. The molecule has 2 aromatic heterocycles. The lowest BCUT2D eigenvalue weighted by atomic mass is 9.83. The zero-order valence-corrected chi connectivity index (χ0v) is 23.0. The van der Waals surface area contributed by atoms with Crippen LogP contribution in [-0.4, -0.2) is 63.6 Å². The van der Waals surface area contributed by atoms with Gasteiger partial charge in [-0.15, -0.1) is 0 Å². The summed E-state index contributed by atoms with van der Waals surface area (Å²) in [5, 5.41) is 2.84. The number of methoxy groups -OCH3 is 1. The van der Waals surface area contributed by atoms with Crippen LogP contribution in [0.2, 0.25) is 0 Å². The normalized spacial score (nSPS) is 21.8.